The SMILES string of the molecule is Cc1c(-c2[nH]c3sc(C4C[C@@H]5CC4CC5N4CCNC(=O)C4)c(C)c3c2C(C)C)cn2ncnc2c1C. The Labute approximate surface area is 221 Å². The number of H-pyrrole nitrogens is 1. The molecule has 1 saturated heterocycles. The van der Waals surface area contributed by atoms with Gasteiger partial charge in [0.25, 0.3) is 0 Å². The number of carbonyl (C=O) groups excluding carboxylic acids is 1. The van der Waals surface area contributed by atoms with Crippen molar-refractivity contribution >= 4 is 33.1 Å². The van der Waals surface area contributed by atoms with Crippen LogP contribution in [0, 0.1) is 32.6 Å². The molecular weight excluding hydrogens is 480 g/mol. The quantitative estimate of drug-likeness (QED) is 0.386. The minimum Gasteiger partial charge on any atom is -0.354 e. The van der Waals surface area contributed by atoms with E-state index in [4.69, 9.17) is 0 Å². The molecule has 0 radical (unpaired) electrons. The van der Waals surface area contributed by atoms with Crippen molar-refractivity contribution in [1.82, 2.24) is 29.8 Å². The van der Waals surface area contributed by atoms with Crippen LogP contribution in [0.2, 0.25) is 0 Å². The van der Waals surface area contributed by atoms with Gasteiger partial charge in [-0.3, -0.25) is 9.69 Å². The number of rotatable bonds is 4. The van der Waals surface area contributed by atoms with E-state index < -0.39 is 0 Å². The molecule has 2 aliphatic carbocycles. The summed E-state index contributed by atoms with van der Waals surface area (Å²) >= 11 is 1.99. The van der Waals surface area contributed by atoms with Crippen molar-refractivity contribution < 1.29 is 4.79 Å². The fourth-order valence-electron chi connectivity index (χ4n) is 7.80. The van der Waals surface area contributed by atoms with Gasteiger partial charge < -0.3 is 10.3 Å². The van der Waals surface area contributed by atoms with E-state index in [0.717, 1.165) is 30.6 Å². The molecule has 0 spiro atoms. The van der Waals surface area contributed by atoms with Gasteiger partial charge in [0.05, 0.1) is 12.2 Å². The first-order valence-corrected chi connectivity index (χ1v) is 14.6. The summed E-state index contributed by atoms with van der Waals surface area (Å²) in [7, 11) is 0. The maximum Gasteiger partial charge on any atom is 0.234 e. The number of nitrogens with zero attached hydrogens (tertiary/aromatic N) is 4. The van der Waals surface area contributed by atoms with Crippen LogP contribution in [0.4, 0.5) is 0 Å². The van der Waals surface area contributed by atoms with Crippen LogP contribution in [0.5, 0.6) is 0 Å². The van der Waals surface area contributed by atoms with Gasteiger partial charge in [-0.25, -0.2) is 9.50 Å². The van der Waals surface area contributed by atoms with E-state index in [0.29, 0.717) is 24.4 Å². The third-order valence-corrected chi connectivity index (χ3v) is 11.0. The van der Waals surface area contributed by atoms with Gasteiger partial charge in [0, 0.05) is 41.2 Å². The monoisotopic (exact) mass is 516 g/mol. The van der Waals surface area contributed by atoms with Gasteiger partial charge in [-0.05, 0) is 86.0 Å². The Morgan fingerprint density at radius 2 is 1.92 bits per heavy atom. The van der Waals surface area contributed by atoms with Crippen molar-refractivity contribution in [1.29, 1.82) is 0 Å². The molecule has 3 unspecified atom stereocenters. The van der Waals surface area contributed by atoms with Gasteiger partial charge in [0.1, 0.15) is 11.2 Å². The lowest BCUT2D eigenvalue weighted by Gasteiger charge is -2.38. The van der Waals surface area contributed by atoms with Crippen molar-refractivity contribution in [2.24, 2.45) is 11.8 Å². The number of piperazine rings is 1. The molecular formula is C29H36N6OS. The highest BCUT2D eigenvalue weighted by Crippen LogP contribution is 2.57. The molecule has 1 aliphatic heterocycles. The molecule has 4 atom stereocenters. The number of thiophene rings is 1. The molecule has 7 rings (SSSR count). The predicted molar refractivity (Wildman–Crippen MR) is 148 cm³/mol. The van der Waals surface area contributed by atoms with Crippen LogP contribution in [-0.2, 0) is 4.79 Å². The van der Waals surface area contributed by atoms with Crippen molar-refractivity contribution in [3.8, 4) is 11.3 Å². The van der Waals surface area contributed by atoms with Crippen molar-refractivity contribution in [2.75, 3.05) is 19.6 Å². The summed E-state index contributed by atoms with van der Waals surface area (Å²) in [5, 5.41) is 8.87. The molecule has 4 aromatic heterocycles. The van der Waals surface area contributed by atoms with Crippen LogP contribution >= 0.6 is 11.3 Å². The number of aromatic amines is 1. The lowest BCUT2D eigenvalue weighted by Crippen LogP contribution is -2.53. The Hall–Kier alpha value is -2.71. The first-order chi connectivity index (χ1) is 17.8. The molecule has 1 amide bonds. The highest BCUT2D eigenvalue weighted by atomic mass is 32.1. The van der Waals surface area contributed by atoms with Crippen LogP contribution < -0.4 is 5.32 Å². The van der Waals surface area contributed by atoms with Crippen LogP contribution in [0.25, 0.3) is 27.1 Å². The minimum atomic E-state index is 0.194. The Bertz CT molecular complexity index is 1540. The molecule has 37 heavy (non-hydrogen) atoms. The Morgan fingerprint density at radius 1 is 1.08 bits per heavy atom. The summed E-state index contributed by atoms with van der Waals surface area (Å²) < 4.78 is 1.91. The molecule has 2 saturated carbocycles. The Balaban J connectivity index is 1.25. The third kappa shape index (κ3) is 3.44. The molecule has 5 heterocycles. The number of carbonyl (C=O) groups is 1. The van der Waals surface area contributed by atoms with E-state index in [1.165, 1.54) is 63.0 Å². The average Bonchev–Trinajstić information content (AvgIpc) is 3.68. The van der Waals surface area contributed by atoms with E-state index in [2.05, 4.69) is 66.1 Å². The van der Waals surface area contributed by atoms with Crippen LogP contribution in [-0.4, -0.2) is 56.1 Å². The number of aromatic nitrogens is 4. The molecule has 7 nitrogen and oxygen atoms in total. The fourth-order valence-corrected chi connectivity index (χ4v) is 9.24. The normalized spacial score (nSPS) is 26.3. The van der Waals surface area contributed by atoms with E-state index in [9.17, 15) is 4.79 Å². The summed E-state index contributed by atoms with van der Waals surface area (Å²) in [6.07, 6.45) is 7.60. The number of hydrogen-bond acceptors (Lipinski definition) is 5. The van der Waals surface area contributed by atoms with Crippen LogP contribution in [0.1, 0.15) is 72.1 Å². The zero-order valence-corrected chi connectivity index (χ0v) is 23.2. The lowest BCUT2D eigenvalue weighted by atomic mass is 9.82. The van der Waals surface area contributed by atoms with Crippen molar-refractivity contribution in [3.05, 3.63) is 39.7 Å². The minimum absolute atomic E-state index is 0.194. The van der Waals surface area contributed by atoms with E-state index in [-0.39, 0.29) is 5.91 Å². The third-order valence-electron chi connectivity index (χ3n) is 9.63. The van der Waals surface area contributed by atoms with E-state index in [1.807, 2.05) is 15.9 Å². The number of nitrogens with one attached hydrogen (secondary N) is 2. The van der Waals surface area contributed by atoms with Crippen LogP contribution in [0.3, 0.4) is 0 Å². The zero-order valence-electron chi connectivity index (χ0n) is 22.4. The lowest BCUT2D eigenvalue weighted by molar-refractivity contribution is -0.125. The topological polar surface area (TPSA) is 78.3 Å². The summed E-state index contributed by atoms with van der Waals surface area (Å²) in [6, 6.07) is 0.591. The van der Waals surface area contributed by atoms with Crippen molar-refractivity contribution in [3.63, 3.8) is 0 Å². The maximum absolute atomic E-state index is 12.0. The second-order valence-electron chi connectivity index (χ2n) is 11.9. The summed E-state index contributed by atoms with van der Waals surface area (Å²) in [5.41, 5.74) is 8.74. The summed E-state index contributed by atoms with van der Waals surface area (Å²) in [6.45, 7) is 13.7. The van der Waals surface area contributed by atoms with Gasteiger partial charge in [-0.2, -0.15) is 5.10 Å². The smallest absolute Gasteiger partial charge is 0.234 e. The Kier molecular flexibility index (Phi) is 5.31. The second-order valence-corrected chi connectivity index (χ2v) is 13.0. The number of amides is 1. The fraction of sp³-hybridized carbons (Fsp3) is 0.552. The number of aryl methyl sites for hydroxylation is 2. The van der Waals surface area contributed by atoms with E-state index in [1.54, 1.807) is 11.2 Å². The first-order valence-electron chi connectivity index (χ1n) is 13.8. The highest BCUT2D eigenvalue weighted by molar-refractivity contribution is 7.19. The van der Waals surface area contributed by atoms with Gasteiger partial charge >= 0.3 is 0 Å². The van der Waals surface area contributed by atoms with Gasteiger partial charge in [-0.1, -0.05) is 13.8 Å². The number of fused-ring (bicyclic) bond motifs is 4. The standard InChI is InChI=1S/C29H36N6OS/c1-14(2)24-25-17(5)27(20-9-19-8-18(20)10-22(19)34-7-6-30-23(36)12-34)37-29(25)33-26(24)21-11-35-28(31-13-32-35)16(4)15(21)3/h11,13-14,18-20,22,33H,6-10,12H2,1-5H3,(H,30,36)/t18?,19-,20?,22?/m0/s1. The zero-order chi connectivity index (χ0) is 25.6. The first kappa shape index (κ1) is 23.4. The highest BCUT2D eigenvalue weighted by Gasteiger charge is 2.49. The molecule has 3 aliphatic rings. The molecule has 4 aromatic rings. The molecule has 2 N–H and O–H groups in total. The van der Waals surface area contributed by atoms with E-state index >= 15 is 0 Å². The maximum atomic E-state index is 12.0. The molecule has 8 heteroatoms. The van der Waals surface area contributed by atoms with Crippen molar-refractivity contribution in [2.45, 2.75) is 71.8 Å². The average molecular weight is 517 g/mol. The number of hydrogen-bond donors (Lipinski definition) is 2. The van der Waals surface area contributed by atoms with Gasteiger partial charge in [0.2, 0.25) is 5.91 Å². The molecule has 2 bridgehead atoms. The number of pyridine rings is 1. The second kappa shape index (κ2) is 8.40. The Morgan fingerprint density at radius 3 is 2.65 bits per heavy atom. The van der Waals surface area contributed by atoms with Gasteiger partial charge in [-0.15, -0.1) is 11.3 Å². The van der Waals surface area contributed by atoms with Gasteiger partial charge in [0.15, 0.2) is 5.65 Å². The summed E-state index contributed by atoms with van der Waals surface area (Å²) in [4.78, 5) is 25.7. The summed E-state index contributed by atoms with van der Waals surface area (Å²) in [5.74, 6) is 2.72. The molecule has 194 valence electrons. The molecule has 0 aromatic carbocycles. The van der Waals surface area contributed by atoms with Crippen LogP contribution in [0.15, 0.2) is 12.5 Å². The molecule has 3 fully saturated rings. The predicted octanol–water partition coefficient (Wildman–Crippen LogP) is 5.30. The largest absolute Gasteiger partial charge is 0.354 e.